The summed E-state index contributed by atoms with van der Waals surface area (Å²) in [5, 5.41) is 14.2. The molecule has 0 fully saturated rings. The Morgan fingerprint density at radius 3 is 2.26 bits per heavy atom. The third kappa shape index (κ3) is 5.79. The van der Waals surface area contributed by atoms with E-state index in [-0.39, 0.29) is 29.7 Å². The van der Waals surface area contributed by atoms with Crippen molar-refractivity contribution in [3.8, 4) is 5.75 Å². The van der Waals surface area contributed by atoms with E-state index in [4.69, 9.17) is 14.2 Å². The molecule has 0 bridgehead atoms. The summed E-state index contributed by atoms with van der Waals surface area (Å²) in [7, 11) is 6.90. The van der Waals surface area contributed by atoms with E-state index in [1.807, 2.05) is 37.3 Å². The summed E-state index contributed by atoms with van der Waals surface area (Å²) in [6.45, 7) is 5.54. The zero-order valence-electron chi connectivity index (χ0n) is 27.4. The molecule has 2 N–H and O–H groups in total. The Balaban J connectivity index is 2.05. The smallest absolute Gasteiger partial charge is 0.307 e. The predicted octanol–water partition coefficient (Wildman–Crippen LogP) is 2.41. The SMILES string of the molecule is CCCCOc1ccc(N(C)C)c2c1C(=O)C1=C(O)[C@]3(OC(C)=O)C(=O)C(C(=O)NC(C)=O)=C(OC(C)=O)C(N(C)C)[C@@H]3C[C@@H]1C2. The number of unbranched alkanes of at least 4 members (excludes halogenated alkanes) is 1. The van der Waals surface area contributed by atoms with Crippen LogP contribution in [-0.4, -0.2) is 91.8 Å². The number of nitrogens with one attached hydrogen (secondary N) is 1. The molecule has 0 aliphatic heterocycles. The molecule has 4 rings (SSSR count). The summed E-state index contributed by atoms with van der Waals surface area (Å²) in [4.78, 5) is 82.9. The van der Waals surface area contributed by atoms with Crippen LogP contribution in [0.2, 0.25) is 0 Å². The van der Waals surface area contributed by atoms with Crippen molar-refractivity contribution in [3.05, 3.63) is 45.9 Å². The molecule has 0 saturated carbocycles. The lowest BCUT2D eigenvalue weighted by atomic mass is 9.58. The Hall–Kier alpha value is -4.52. The van der Waals surface area contributed by atoms with Crippen LogP contribution in [0.25, 0.3) is 0 Å². The highest BCUT2D eigenvalue weighted by molar-refractivity contribution is 6.27. The zero-order valence-corrected chi connectivity index (χ0v) is 27.4. The number of likely N-dealkylation sites (N-methyl/N-ethyl adjacent to an activating group) is 1. The van der Waals surface area contributed by atoms with Gasteiger partial charge in [-0.15, -0.1) is 0 Å². The van der Waals surface area contributed by atoms with Gasteiger partial charge in [0.1, 0.15) is 17.1 Å². The Kier molecular flexibility index (Phi) is 9.76. The molecule has 0 radical (unpaired) electrons. The van der Waals surface area contributed by atoms with Gasteiger partial charge in [-0.3, -0.25) is 39.0 Å². The Morgan fingerprint density at radius 1 is 1.04 bits per heavy atom. The number of amides is 2. The molecule has 0 saturated heterocycles. The first kappa shape index (κ1) is 34.4. The highest BCUT2D eigenvalue weighted by Crippen LogP contribution is 2.55. The topological polar surface area (TPSA) is 169 Å². The predicted molar refractivity (Wildman–Crippen MR) is 165 cm³/mol. The van der Waals surface area contributed by atoms with Crippen molar-refractivity contribution in [3.63, 3.8) is 0 Å². The Morgan fingerprint density at radius 2 is 1.72 bits per heavy atom. The van der Waals surface area contributed by atoms with Crippen LogP contribution in [0, 0.1) is 11.8 Å². The Bertz CT molecular complexity index is 1570. The molecule has 3 aliphatic rings. The van der Waals surface area contributed by atoms with Crippen LogP contribution in [0.15, 0.2) is 34.8 Å². The summed E-state index contributed by atoms with van der Waals surface area (Å²) in [5.74, 6) is -8.25. The van der Waals surface area contributed by atoms with Gasteiger partial charge in [-0.2, -0.15) is 0 Å². The molecule has 1 unspecified atom stereocenters. The fourth-order valence-electron chi connectivity index (χ4n) is 6.91. The number of rotatable bonds is 9. The number of ketones is 2. The average Bonchev–Trinajstić information content (AvgIpc) is 2.93. The number of allylic oxidation sites excluding steroid dienone is 1. The van der Waals surface area contributed by atoms with Gasteiger partial charge in [0, 0.05) is 52.0 Å². The minimum Gasteiger partial charge on any atom is -0.507 e. The first-order chi connectivity index (χ1) is 21.6. The number of aliphatic hydroxyl groups excluding tert-OH is 1. The number of hydrogen-bond donors (Lipinski definition) is 2. The summed E-state index contributed by atoms with van der Waals surface area (Å²) in [5.41, 5.74) is -1.76. The van der Waals surface area contributed by atoms with E-state index in [0.29, 0.717) is 17.9 Å². The number of aliphatic hydroxyl groups is 1. The molecule has 2 amide bonds. The molecule has 13 heteroatoms. The van der Waals surface area contributed by atoms with E-state index in [2.05, 4.69) is 0 Å². The normalized spacial score (nSPS) is 23.7. The lowest BCUT2D eigenvalue weighted by molar-refractivity contribution is -0.178. The molecule has 4 atom stereocenters. The summed E-state index contributed by atoms with van der Waals surface area (Å²) in [6.07, 6.45) is 1.90. The van der Waals surface area contributed by atoms with E-state index in [1.165, 1.54) is 0 Å². The van der Waals surface area contributed by atoms with Gasteiger partial charge in [0.05, 0.1) is 18.2 Å². The second-order valence-electron chi connectivity index (χ2n) is 12.3. The largest absolute Gasteiger partial charge is 0.507 e. The van der Waals surface area contributed by atoms with Gasteiger partial charge >= 0.3 is 11.9 Å². The number of anilines is 1. The quantitative estimate of drug-likeness (QED) is 0.230. The maximum Gasteiger partial charge on any atom is 0.307 e. The zero-order chi connectivity index (χ0) is 34.2. The molecule has 0 aromatic heterocycles. The van der Waals surface area contributed by atoms with Gasteiger partial charge in [0.2, 0.25) is 17.3 Å². The standard InChI is InChI=1S/C33H41N3O10/c1-9-10-13-44-23-12-11-22(35(5)6)20-14-19-15-21-27(36(7)8)29(45-17(3)38)26(32(43)34-16(2)37)31(42)33(21,46-18(4)39)30(41)24(19)28(40)25(20)23/h11-12,19,21,27,41H,9-10,13-15H2,1-8H3,(H,34,37,43)/t19-,21-,27?,33-/m0/s1. The summed E-state index contributed by atoms with van der Waals surface area (Å²) < 4.78 is 17.2. The molecule has 0 heterocycles. The van der Waals surface area contributed by atoms with Crippen LogP contribution in [0.5, 0.6) is 5.75 Å². The lowest BCUT2D eigenvalue weighted by Crippen LogP contribution is -2.65. The number of hydrogen-bond acceptors (Lipinski definition) is 12. The number of ether oxygens (including phenoxy) is 3. The lowest BCUT2D eigenvalue weighted by Gasteiger charge is -2.52. The highest BCUT2D eigenvalue weighted by atomic mass is 16.6. The maximum atomic E-state index is 14.6. The number of carbonyl (C=O) groups is 6. The van der Waals surface area contributed by atoms with Crippen LogP contribution in [0.1, 0.15) is 62.9 Å². The number of esters is 2. The summed E-state index contributed by atoms with van der Waals surface area (Å²) in [6, 6.07) is 2.47. The number of carbonyl (C=O) groups excluding carboxylic acids is 6. The molecular formula is C33H41N3O10. The van der Waals surface area contributed by atoms with E-state index in [1.54, 1.807) is 25.1 Å². The van der Waals surface area contributed by atoms with Crippen LogP contribution in [0.4, 0.5) is 5.69 Å². The number of fused-ring (bicyclic) bond motifs is 3. The van der Waals surface area contributed by atoms with E-state index in [9.17, 15) is 33.9 Å². The second kappa shape index (κ2) is 13.1. The minimum absolute atomic E-state index is 0.0204. The van der Waals surface area contributed by atoms with Gasteiger partial charge in [0.15, 0.2) is 11.5 Å². The molecule has 0 spiro atoms. The van der Waals surface area contributed by atoms with Gasteiger partial charge in [-0.1, -0.05) is 13.3 Å². The van der Waals surface area contributed by atoms with Crippen LogP contribution in [0.3, 0.4) is 0 Å². The van der Waals surface area contributed by atoms with Crippen LogP contribution in [-0.2, 0) is 39.9 Å². The second-order valence-corrected chi connectivity index (χ2v) is 12.3. The molecule has 13 nitrogen and oxygen atoms in total. The Labute approximate surface area is 267 Å². The molecule has 1 aromatic rings. The van der Waals surface area contributed by atoms with Gasteiger partial charge < -0.3 is 24.2 Å². The summed E-state index contributed by atoms with van der Waals surface area (Å²) >= 11 is 0. The molecule has 1 aromatic carbocycles. The average molecular weight is 640 g/mol. The van der Waals surface area contributed by atoms with Crippen molar-refractivity contribution in [2.24, 2.45) is 11.8 Å². The monoisotopic (exact) mass is 639 g/mol. The molecule has 3 aliphatic carbocycles. The third-order valence-corrected chi connectivity index (χ3v) is 8.58. The van der Waals surface area contributed by atoms with Crippen LogP contribution < -0.4 is 15.0 Å². The number of Topliss-reactive ketones (excluding diaryl/α,β-unsaturated/α-hetero) is 2. The van der Waals surface area contributed by atoms with Gasteiger partial charge in [0.25, 0.3) is 5.91 Å². The fraction of sp³-hybridized carbons (Fsp3) is 0.515. The van der Waals surface area contributed by atoms with Crippen molar-refractivity contribution in [2.45, 2.75) is 65.0 Å². The van der Waals surface area contributed by atoms with Crippen molar-refractivity contribution in [1.29, 1.82) is 0 Å². The number of nitrogens with zero attached hydrogens (tertiary/aromatic N) is 2. The fourth-order valence-corrected chi connectivity index (χ4v) is 6.91. The first-order valence-corrected chi connectivity index (χ1v) is 15.2. The van der Waals surface area contributed by atoms with E-state index in [0.717, 1.165) is 39.3 Å². The van der Waals surface area contributed by atoms with Crippen molar-refractivity contribution >= 4 is 41.0 Å². The molecular weight excluding hydrogens is 598 g/mol. The first-order valence-electron chi connectivity index (χ1n) is 15.2. The van der Waals surface area contributed by atoms with E-state index < -0.39 is 70.1 Å². The highest BCUT2D eigenvalue weighted by Gasteiger charge is 2.67. The van der Waals surface area contributed by atoms with Crippen molar-refractivity contribution in [2.75, 3.05) is 39.7 Å². The van der Waals surface area contributed by atoms with Crippen molar-refractivity contribution in [1.82, 2.24) is 10.2 Å². The third-order valence-electron chi connectivity index (χ3n) is 8.58. The van der Waals surface area contributed by atoms with Crippen molar-refractivity contribution < 1.29 is 48.1 Å². The minimum atomic E-state index is -2.55. The van der Waals surface area contributed by atoms with E-state index >= 15 is 0 Å². The number of imide groups is 1. The number of benzene rings is 1. The van der Waals surface area contributed by atoms with Gasteiger partial charge in [-0.05, 0) is 57.0 Å². The molecule has 248 valence electrons. The van der Waals surface area contributed by atoms with Gasteiger partial charge in [-0.25, -0.2) is 0 Å². The van der Waals surface area contributed by atoms with Crippen LogP contribution >= 0.6 is 0 Å². The molecule has 46 heavy (non-hydrogen) atoms. The maximum absolute atomic E-state index is 14.6.